The third-order valence-corrected chi connectivity index (χ3v) is 4.69. The Balaban J connectivity index is 1.57. The van der Waals surface area contributed by atoms with E-state index in [9.17, 15) is 4.79 Å². The highest BCUT2D eigenvalue weighted by molar-refractivity contribution is 5.77. The summed E-state index contributed by atoms with van der Waals surface area (Å²) in [5, 5.41) is 4.00. The lowest BCUT2D eigenvalue weighted by Crippen LogP contribution is -2.40. The van der Waals surface area contributed by atoms with Gasteiger partial charge in [0.25, 0.3) is 0 Å². The van der Waals surface area contributed by atoms with E-state index in [2.05, 4.69) is 10.1 Å². The van der Waals surface area contributed by atoms with Gasteiger partial charge < -0.3 is 18.9 Å². The number of rotatable bonds is 8. The molecule has 0 aliphatic carbocycles. The Hall–Kier alpha value is -2.41. The molecular weight excluding hydrogens is 334 g/mol. The van der Waals surface area contributed by atoms with Gasteiger partial charge in [0, 0.05) is 33.0 Å². The second kappa shape index (κ2) is 8.80. The van der Waals surface area contributed by atoms with Crippen LogP contribution < -0.4 is 4.74 Å². The van der Waals surface area contributed by atoms with Crippen LogP contribution in [0.4, 0.5) is 0 Å². The van der Waals surface area contributed by atoms with Crippen LogP contribution in [0.5, 0.6) is 5.75 Å². The maximum absolute atomic E-state index is 12.3. The normalized spacial score (nSPS) is 17.5. The van der Waals surface area contributed by atoms with Crippen LogP contribution in [0.3, 0.4) is 0 Å². The van der Waals surface area contributed by atoms with Crippen molar-refractivity contribution in [2.24, 2.45) is 0 Å². The fourth-order valence-corrected chi connectivity index (χ4v) is 3.12. The number of methoxy groups -OCH3 is 2. The maximum Gasteiger partial charge on any atom is 0.231 e. The molecule has 140 valence electrons. The van der Waals surface area contributed by atoms with Crippen molar-refractivity contribution in [3.8, 4) is 5.75 Å². The molecule has 3 rings (SSSR count). The van der Waals surface area contributed by atoms with Gasteiger partial charge in [0.2, 0.25) is 11.8 Å². The number of piperidine rings is 1. The summed E-state index contributed by atoms with van der Waals surface area (Å²) in [5.74, 6) is 2.41. The largest absolute Gasteiger partial charge is 0.497 e. The minimum Gasteiger partial charge on any atom is -0.497 e. The zero-order valence-corrected chi connectivity index (χ0v) is 15.3. The van der Waals surface area contributed by atoms with Crippen LogP contribution in [0.25, 0.3) is 0 Å². The molecule has 1 fully saturated rings. The number of likely N-dealkylation sites (tertiary alicyclic amines) is 1. The molecule has 1 saturated heterocycles. The van der Waals surface area contributed by atoms with Crippen molar-refractivity contribution in [1.29, 1.82) is 0 Å². The van der Waals surface area contributed by atoms with Crippen LogP contribution in [0, 0.1) is 0 Å². The van der Waals surface area contributed by atoms with Crippen molar-refractivity contribution >= 4 is 5.91 Å². The number of hydrogen-bond donors (Lipinski definition) is 0. The molecule has 2 aromatic rings. The molecule has 2 heterocycles. The van der Waals surface area contributed by atoms with E-state index in [1.165, 1.54) is 5.56 Å². The zero-order chi connectivity index (χ0) is 18.4. The van der Waals surface area contributed by atoms with Gasteiger partial charge in [-0.3, -0.25) is 4.79 Å². The van der Waals surface area contributed by atoms with Crippen molar-refractivity contribution < 1.29 is 18.8 Å². The van der Waals surface area contributed by atoms with Crippen molar-refractivity contribution in [2.75, 3.05) is 33.9 Å². The molecule has 1 atom stereocenters. The van der Waals surface area contributed by atoms with Gasteiger partial charge in [-0.25, -0.2) is 0 Å². The number of ether oxygens (including phenoxy) is 2. The molecule has 26 heavy (non-hydrogen) atoms. The second-order valence-corrected chi connectivity index (χ2v) is 6.47. The quantitative estimate of drug-likeness (QED) is 0.719. The third-order valence-electron chi connectivity index (χ3n) is 4.69. The first kappa shape index (κ1) is 18.4. The molecule has 0 bridgehead atoms. The van der Waals surface area contributed by atoms with Gasteiger partial charge in [0.1, 0.15) is 5.75 Å². The van der Waals surface area contributed by atoms with Gasteiger partial charge in [-0.15, -0.1) is 0 Å². The Morgan fingerprint density at radius 1 is 1.23 bits per heavy atom. The molecule has 0 spiro atoms. The van der Waals surface area contributed by atoms with E-state index in [0.29, 0.717) is 44.3 Å². The summed E-state index contributed by atoms with van der Waals surface area (Å²) in [5.41, 5.74) is 1.18. The molecule has 7 nitrogen and oxygen atoms in total. The predicted molar refractivity (Wildman–Crippen MR) is 95.1 cm³/mol. The van der Waals surface area contributed by atoms with E-state index in [1.807, 2.05) is 29.2 Å². The molecule has 1 aliphatic rings. The van der Waals surface area contributed by atoms with Gasteiger partial charge in [-0.05, 0) is 30.5 Å². The van der Waals surface area contributed by atoms with Gasteiger partial charge >= 0.3 is 0 Å². The van der Waals surface area contributed by atoms with Gasteiger partial charge in [-0.1, -0.05) is 17.3 Å². The number of amides is 1. The van der Waals surface area contributed by atoms with Crippen LogP contribution in [0.15, 0.2) is 28.8 Å². The molecule has 0 saturated carbocycles. The number of nitrogens with zero attached hydrogens (tertiary/aromatic N) is 3. The molecule has 0 N–H and O–H groups in total. The van der Waals surface area contributed by atoms with E-state index in [0.717, 1.165) is 18.6 Å². The number of benzene rings is 1. The fraction of sp³-hybridized carbons (Fsp3) is 0.526. The van der Waals surface area contributed by atoms with Crippen LogP contribution >= 0.6 is 0 Å². The van der Waals surface area contributed by atoms with E-state index < -0.39 is 0 Å². The van der Waals surface area contributed by atoms with E-state index in [-0.39, 0.29) is 11.8 Å². The summed E-state index contributed by atoms with van der Waals surface area (Å²) in [6.07, 6.45) is 2.71. The lowest BCUT2D eigenvalue weighted by Gasteiger charge is -2.31. The van der Waals surface area contributed by atoms with Crippen molar-refractivity contribution in [3.63, 3.8) is 0 Å². The highest BCUT2D eigenvalue weighted by Gasteiger charge is 2.30. The van der Waals surface area contributed by atoms with Crippen molar-refractivity contribution in [3.05, 3.63) is 41.5 Å². The maximum atomic E-state index is 12.3. The summed E-state index contributed by atoms with van der Waals surface area (Å²) < 4.78 is 15.6. The monoisotopic (exact) mass is 359 g/mol. The number of hydrogen-bond acceptors (Lipinski definition) is 6. The summed E-state index contributed by atoms with van der Waals surface area (Å²) in [7, 11) is 3.30. The van der Waals surface area contributed by atoms with Gasteiger partial charge in [-0.2, -0.15) is 4.98 Å². The fourth-order valence-electron chi connectivity index (χ4n) is 3.12. The third kappa shape index (κ3) is 4.60. The van der Waals surface area contributed by atoms with E-state index >= 15 is 0 Å². The van der Waals surface area contributed by atoms with Crippen molar-refractivity contribution in [2.45, 2.75) is 31.6 Å². The highest BCUT2D eigenvalue weighted by Crippen LogP contribution is 2.26. The van der Waals surface area contributed by atoms with Gasteiger partial charge in [0.05, 0.1) is 19.6 Å². The molecule has 0 radical (unpaired) electrons. The average Bonchev–Trinajstić information content (AvgIpc) is 3.15. The average molecular weight is 359 g/mol. The van der Waals surface area contributed by atoms with Crippen LogP contribution in [0.1, 0.15) is 36.0 Å². The first-order valence-electron chi connectivity index (χ1n) is 8.91. The molecule has 1 aliphatic heterocycles. The lowest BCUT2D eigenvalue weighted by atomic mass is 9.97. The smallest absolute Gasteiger partial charge is 0.231 e. The lowest BCUT2D eigenvalue weighted by molar-refractivity contribution is -0.133. The van der Waals surface area contributed by atoms with Crippen LogP contribution in [-0.4, -0.2) is 54.9 Å². The van der Waals surface area contributed by atoms with E-state index in [4.69, 9.17) is 14.0 Å². The predicted octanol–water partition coefficient (Wildman–Crippen LogP) is 2.22. The molecule has 1 aromatic carbocycles. The number of carbonyl (C=O) groups is 1. The first-order valence-corrected chi connectivity index (χ1v) is 8.91. The number of carbonyl (C=O) groups excluding carboxylic acids is 1. The first-order chi connectivity index (χ1) is 12.7. The SMILES string of the molecule is COCCc1noc(C2CCC(=O)N(CCc3ccc(OC)cc3)C2)n1. The molecule has 1 aromatic heterocycles. The molecule has 1 amide bonds. The molecule has 7 heteroatoms. The molecular formula is C19H25N3O4. The van der Waals surface area contributed by atoms with Gasteiger partial charge in [0.15, 0.2) is 5.82 Å². The van der Waals surface area contributed by atoms with E-state index in [1.54, 1.807) is 14.2 Å². The standard InChI is InChI=1S/C19H25N3O4/c1-24-12-10-17-20-19(26-21-17)15-5-8-18(23)22(13-15)11-9-14-3-6-16(25-2)7-4-14/h3-4,6-7,15H,5,8-13H2,1-2H3. The Morgan fingerprint density at radius 2 is 2.04 bits per heavy atom. The Morgan fingerprint density at radius 3 is 2.77 bits per heavy atom. The summed E-state index contributed by atoms with van der Waals surface area (Å²) in [6.45, 7) is 1.88. The minimum atomic E-state index is 0.104. The Kier molecular flexibility index (Phi) is 6.22. The number of aromatic nitrogens is 2. The van der Waals surface area contributed by atoms with Crippen LogP contribution in [0.2, 0.25) is 0 Å². The molecule has 1 unspecified atom stereocenters. The van der Waals surface area contributed by atoms with Crippen LogP contribution in [-0.2, 0) is 22.4 Å². The Labute approximate surface area is 153 Å². The van der Waals surface area contributed by atoms with Crippen molar-refractivity contribution in [1.82, 2.24) is 15.0 Å². The minimum absolute atomic E-state index is 0.104. The zero-order valence-electron chi connectivity index (χ0n) is 15.3. The highest BCUT2D eigenvalue weighted by atomic mass is 16.5. The summed E-state index contributed by atoms with van der Waals surface area (Å²) in [6, 6.07) is 7.95. The second-order valence-electron chi connectivity index (χ2n) is 6.47. The Bertz CT molecular complexity index is 714. The topological polar surface area (TPSA) is 77.7 Å². The summed E-state index contributed by atoms with van der Waals surface area (Å²) >= 11 is 0. The summed E-state index contributed by atoms with van der Waals surface area (Å²) in [4.78, 5) is 18.6.